The van der Waals surface area contributed by atoms with Gasteiger partial charge in [-0.15, -0.1) is 0 Å². The largest absolute Gasteiger partial charge is 0.404 e. The van der Waals surface area contributed by atoms with Gasteiger partial charge in [0.05, 0.1) is 28.2 Å². The lowest BCUT2D eigenvalue weighted by molar-refractivity contribution is -0.147. The van der Waals surface area contributed by atoms with E-state index in [1.165, 1.54) is 19.1 Å². The Labute approximate surface area is 210 Å². The van der Waals surface area contributed by atoms with Crippen molar-refractivity contribution in [2.75, 3.05) is 0 Å². The SMILES string of the molecule is CCc1cc2c(cc1F)c(C#N)c(-c1ccc(S(=O)(=O)N[C@@H](C)C(F)(F)F)c(C)n1)n2-c1ccccn1. The second-order valence-corrected chi connectivity index (χ2v) is 10.0. The van der Waals surface area contributed by atoms with Gasteiger partial charge in [0.15, 0.2) is 0 Å². The minimum absolute atomic E-state index is 0.0819. The molecule has 0 fully saturated rings. The van der Waals surface area contributed by atoms with Crippen molar-refractivity contribution in [3.63, 3.8) is 0 Å². The maximum atomic E-state index is 14.7. The zero-order chi connectivity index (χ0) is 27.1. The summed E-state index contributed by atoms with van der Waals surface area (Å²) in [5, 5.41) is 10.4. The molecule has 4 aromatic rings. The number of rotatable bonds is 6. The number of halogens is 4. The molecule has 0 aliphatic carbocycles. The summed E-state index contributed by atoms with van der Waals surface area (Å²) in [7, 11) is -4.56. The van der Waals surface area contributed by atoms with E-state index in [0.717, 1.165) is 6.07 Å². The number of benzene rings is 1. The first-order valence-corrected chi connectivity index (χ1v) is 12.6. The number of pyridine rings is 2. The first kappa shape index (κ1) is 26.2. The molecule has 0 radical (unpaired) electrons. The van der Waals surface area contributed by atoms with Crippen LogP contribution in [0.15, 0.2) is 53.6 Å². The zero-order valence-corrected chi connectivity index (χ0v) is 20.7. The van der Waals surface area contributed by atoms with Crippen LogP contribution in [0.4, 0.5) is 17.6 Å². The molecule has 1 aromatic carbocycles. The standard InChI is InChI=1S/C25H21F4N5O2S/c1-4-16-11-21-17(12-19(16)26)18(13-30)24(34(21)23-7-5-6-10-31-23)20-8-9-22(14(2)32-20)37(35,36)33-15(3)25(27,28)29/h5-12,15,33H,4H2,1-3H3/t15-/m0/s1. The van der Waals surface area contributed by atoms with Crippen LogP contribution in [0.5, 0.6) is 0 Å². The van der Waals surface area contributed by atoms with Gasteiger partial charge in [-0.25, -0.2) is 17.8 Å². The third-order valence-electron chi connectivity index (χ3n) is 5.90. The van der Waals surface area contributed by atoms with E-state index in [2.05, 4.69) is 16.0 Å². The first-order valence-electron chi connectivity index (χ1n) is 11.1. The molecule has 1 N–H and O–H groups in total. The van der Waals surface area contributed by atoms with Crippen LogP contribution in [0.3, 0.4) is 0 Å². The van der Waals surface area contributed by atoms with Crippen molar-refractivity contribution in [3.05, 3.63) is 71.3 Å². The van der Waals surface area contributed by atoms with Gasteiger partial charge in [0, 0.05) is 11.6 Å². The van der Waals surface area contributed by atoms with Gasteiger partial charge in [-0.2, -0.15) is 23.2 Å². The minimum Gasteiger partial charge on any atom is -0.291 e. The van der Waals surface area contributed by atoms with Crippen LogP contribution in [-0.2, 0) is 16.4 Å². The van der Waals surface area contributed by atoms with Crippen molar-refractivity contribution in [1.82, 2.24) is 19.3 Å². The number of nitrogens with zero attached hydrogens (tertiary/aromatic N) is 4. The van der Waals surface area contributed by atoms with Crippen molar-refractivity contribution >= 4 is 20.9 Å². The fourth-order valence-electron chi connectivity index (χ4n) is 4.03. The fourth-order valence-corrected chi connectivity index (χ4v) is 5.44. The van der Waals surface area contributed by atoms with Gasteiger partial charge in [0.1, 0.15) is 28.6 Å². The lowest BCUT2D eigenvalue weighted by Gasteiger charge is -2.18. The summed E-state index contributed by atoms with van der Waals surface area (Å²) in [5.41, 5.74) is 1.34. The predicted octanol–water partition coefficient (Wildman–Crippen LogP) is 5.20. The van der Waals surface area contributed by atoms with Gasteiger partial charge >= 0.3 is 6.18 Å². The van der Waals surface area contributed by atoms with Gasteiger partial charge in [0.2, 0.25) is 10.0 Å². The number of aromatic nitrogens is 3. The van der Waals surface area contributed by atoms with Crippen molar-refractivity contribution in [2.24, 2.45) is 0 Å². The Hall–Kier alpha value is -3.82. The molecular formula is C25H21F4N5O2S. The third kappa shape index (κ3) is 4.80. The third-order valence-corrected chi connectivity index (χ3v) is 7.57. The summed E-state index contributed by atoms with van der Waals surface area (Å²) in [4.78, 5) is 8.27. The van der Waals surface area contributed by atoms with Gasteiger partial charge in [-0.1, -0.05) is 13.0 Å². The predicted molar refractivity (Wildman–Crippen MR) is 129 cm³/mol. The van der Waals surface area contributed by atoms with Crippen LogP contribution < -0.4 is 4.72 Å². The Morgan fingerprint density at radius 2 is 1.92 bits per heavy atom. The molecule has 0 bridgehead atoms. The normalized spacial score (nSPS) is 13.0. The molecule has 3 heterocycles. The average molecular weight is 532 g/mol. The number of nitriles is 1. The molecule has 12 heteroatoms. The summed E-state index contributed by atoms with van der Waals surface area (Å²) < 4.78 is 82.1. The maximum absolute atomic E-state index is 14.7. The van der Waals surface area contributed by atoms with E-state index < -0.39 is 33.0 Å². The molecule has 4 rings (SSSR count). The lowest BCUT2D eigenvalue weighted by Crippen LogP contribution is -2.43. The number of fused-ring (bicyclic) bond motifs is 1. The summed E-state index contributed by atoms with van der Waals surface area (Å²) >= 11 is 0. The minimum atomic E-state index is -4.77. The molecule has 7 nitrogen and oxygen atoms in total. The molecule has 3 aromatic heterocycles. The zero-order valence-electron chi connectivity index (χ0n) is 19.9. The average Bonchev–Trinajstić information content (AvgIpc) is 3.15. The monoisotopic (exact) mass is 531 g/mol. The molecule has 0 amide bonds. The van der Waals surface area contributed by atoms with Gasteiger partial charge in [-0.05, 0) is 62.2 Å². The number of nitrogens with one attached hydrogen (secondary N) is 1. The van der Waals surface area contributed by atoms with Crippen LogP contribution in [0, 0.1) is 24.1 Å². The second-order valence-electron chi connectivity index (χ2n) is 8.34. The summed E-state index contributed by atoms with van der Waals surface area (Å²) in [6.07, 6.45) is -2.82. The van der Waals surface area contributed by atoms with Gasteiger partial charge in [0.25, 0.3) is 0 Å². The fraction of sp³-hybridized carbons (Fsp3) is 0.240. The number of alkyl halides is 3. The van der Waals surface area contributed by atoms with Gasteiger partial charge < -0.3 is 0 Å². The highest BCUT2D eigenvalue weighted by atomic mass is 32.2. The van der Waals surface area contributed by atoms with E-state index in [1.54, 1.807) is 46.7 Å². The Morgan fingerprint density at radius 1 is 1.19 bits per heavy atom. The topological polar surface area (TPSA) is 101 Å². The molecule has 0 spiro atoms. The Balaban J connectivity index is 1.96. The van der Waals surface area contributed by atoms with E-state index in [9.17, 15) is 31.2 Å². The first-order chi connectivity index (χ1) is 17.4. The van der Waals surface area contributed by atoms with E-state index in [0.29, 0.717) is 35.6 Å². The Kier molecular flexibility index (Phi) is 6.79. The van der Waals surface area contributed by atoms with Crippen LogP contribution in [0.25, 0.3) is 28.1 Å². The summed E-state index contributed by atoms with van der Waals surface area (Å²) in [6, 6.07) is 10.2. The van der Waals surface area contributed by atoms with E-state index in [1.807, 2.05) is 0 Å². The number of hydrogen-bond donors (Lipinski definition) is 1. The van der Waals surface area contributed by atoms with Crippen molar-refractivity contribution in [2.45, 2.75) is 44.3 Å². The van der Waals surface area contributed by atoms with Gasteiger partial charge in [-0.3, -0.25) is 9.55 Å². The van der Waals surface area contributed by atoms with Crippen LogP contribution in [-0.4, -0.2) is 35.2 Å². The highest BCUT2D eigenvalue weighted by Crippen LogP contribution is 2.37. The van der Waals surface area contributed by atoms with Crippen molar-refractivity contribution in [3.8, 4) is 23.3 Å². The smallest absolute Gasteiger partial charge is 0.291 e. The lowest BCUT2D eigenvalue weighted by atomic mass is 10.1. The van der Waals surface area contributed by atoms with Crippen LogP contribution >= 0.6 is 0 Å². The molecule has 0 aliphatic rings. The highest BCUT2D eigenvalue weighted by molar-refractivity contribution is 7.89. The van der Waals surface area contributed by atoms with E-state index in [-0.39, 0.29) is 22.6 Å². The van der Waals surface area contributed by atoms with E-state index in [4.69, 9.17) is 0 Å². The Morgan fingerprint density at radius 3 is 2.49 bits per heavy atom. The summed E-state index contributed by atoms with van der Waals surface area (Å²) in [5.74, 6) is -0.0684. The highest BCUT2D eigenvalue weighted by Gasteiger charge is 2.39. The van der Waals surface area contributed by atoms with Crippen molar-refractivity contribution < 1.29 is 26.0 Å². The maximum Gasteiger partial charge on any atom is 0.404 e. The molecule has 1 atom stereocenters. The molecule has 192 valence electrons. The van der Waals surface area contributed by atoms with Crippen molar-refractivity contribution in [1.29, 1.82) is 5.26 Å². The second kappa shape index (κ2) is 9.57. The quantitative estimate of drug-likeness (QED) is 0.345. The van der Waals surface area contributed by atoms with Crippen LogP contribution in [0.2, 0.25) is 0 Å². The number of hydrogen-bond acceptors (Lipinski definition) is 5. The molecule has 0 aliphatic heterocycles. The molecular weight excluding hydrogens is 510 g/mol. The molecule has 0 unspecified atom stereocenters. The summed E-state index contributed by atoms with van der Waals surface area (Å²) in [6.45, 7) is 3.83. The number of aryl methyl sites for hydroxylation is 2. The van der Waals surface area contributed by atoms with E-state index >= 15 is 0 Å². The van der Waals surface area contributed by atoms with Crippen LogP contribution in [0.1, 0.15) is 30.7 Å². The molecule has 0 saturated carbocycles. The number of sulfonamides is 1. The molecule has 37 heavy (non-hydrogen) atoms. The Bertz CT molecular complexity index is 1640. The molecule has 0 saturated heterocycles.